The molecule has 9 heteroatoms. The third-order valence-electron chi connectivity index (χ3n) is 7.34. The number of nitrogens with zero attached hydrogens (tertiary/aromatic N) is 5. The summed E-state index contributed by atoms with van der Waals surface area (Å²) in [6.45, 7) is 4.83. The molecule has 1 saturated heterocycles. The summed E-state index contributed by atoms with van der Waals surface area (Å²) in [5, 5.41) is 8.08. The number of hydrogen-bond donors (Lipinski definition) is 1. The van der Waals surface area contributed by atoms with Crippen LogP contribution >= 0.6 is 11.6 Å². The van der Waals surface area contributed by atoms with Crippen LogP contribution in [0.15, 0.2) is 48.8 Å². The predicted molar refractivity (Wildman–Crippen MR) is 139 cm³/mol. The van der Waals surface area contributed by atoms with Crippen molar-refractivity contribution >= 4 is 34.4 Å². The average molecular weight is 505 g/mol. The molecule has 1 fully saturated rings. The van der Waals surface area contributed by atoms with Crippen LogP contribution in [0.1, 0.15) is 44.9 Å². The van der Waals surface area contributed by atoms with Crippen LogP contribution in [0.5, 0.6) is 0 Å². The van der Waals surface area contributed by atoms with E-state index in [9.17, 15) is 9.59 Å². The number of aromatic nitrogens is 4. The molecule has 2 amide bonds. The fourth-order valence-electron chi connectivity index (χ4n) is 5.38. The SMILES string of the molecule is Cc1nn(C)c(C)c1C(=O)N[C@@H]1CCN(C(=O)c2cc(Cl)c3nccnc3c2)C[C@@H]1C1C=CC=CC1. The number of carbonyl (C=O) groups excluding carboxylic acids is 2. The topological polar surface area (TPSA) is 93.0 Å². The molecule has 0 spiro atoms. The first-order valence-electron chi connectivity index (χ1n) is 12.2. The monoisotopic (exact) mass is 504 g/mol. The summed E-state index contributed by atoms with van der Waals surface area (Å²) in [4.78, 5) is 37.3. The van der Waals surface area contributed by atoms with Crippen molar-refractivity contribution in [3.8, 4) is 0 Å². The second kappa shape index (κ2) is 9.85. The van der Waals surface area contributed by atoms with Crippen molar-refractivity contribution in [2.75, 3.05) is 13.1 Å². The van der Waals surface area contributed by atoms with Crippen molar-refractivity contribution in [3.63, 3.8) is 0 Å². The van der Waals surface area contributed by atoms with Crippen LogP contribution in [-0.4, -0.2) is 55.6 Å². The minimum absolute atomic E-state index is 0.0623. The normalized spacial score (nSPS) is 21.7. The van der Waals surface area contributed by atoms with Crippen LogP contribution < -0.4 is 5.32 Å². The highest BCUT2D eigenvalue weighted by Gasteiger charge is 2.37. The fraction of sp³-hybridized carbons (Fsp3) is 0.370. The van der Waals surface area contributed by atoms with Gasteiger partial charge < -0.3 is 10.2 Å². The van der Waals surface area contributed by atoms with Crippen LogP contribution in [0.2, 0.25) is 5.02 Å². The van der Waals surface area contributed by atoms with Crippen molar-refractivity contribution in [3.05, 3.63) is 76.4 Å². The number of carbonyl (C=O) groups is 2. The molecule has 36 heavy (non-hydrogen) atoms. The minimum Gasteiger partial charge on any atom is -0.349 e. The Morgan fingerprint density at radius 1 is 1.14 bits per heavy atom. The van der Waals surface area contributed by atoms with Gasteiger partial charge in [0.2, 0.25) is 0 Å². The van der Waals surface area contributed by atoms with Gasteiger partial charge in [0.25, 0.3) is 11.8 Å². The maximum Gasteiger partial charge on any atom is 0.255 e. The molecule has 2 aromatic heterocycles. The number of amides is 2. The Morgan fingerprint density at radius 3 is 2.67 bits per heavy atom. The van der Waals surface area contributed by atoms with Gasteiger partial charge in [0.05, 0.1) is 21.8 Å². The molecule has 3 aromatic rings. The Morgan fingerprint density at radius 2 is 1.94 bits per heavy atom. The van der Waals surface area contributed by atoms with Crippen molar-refractivity contribution in [1.29, 1.82) is 0 Å². The van der Waals surface area contributed by atoms with Crippen molar-refractivity contribution in [2.45, 2.75) is 32.7 Å². The summed E-state index contributed by atoms with van der Waals surface area (Å²) >= 11 is 6.42. The number of piperidine rings is 1. The maximum absolute atomic E-state index is 13.6. The third-order valence-corrected chi connectivity index (χ3v) is 7.62. The molecule has 3 atom stereocenters. The molecule has 186 valence electrons. The zero-order chi connectivity index (χ0) is 25.4. The van der Waals surface area contributed by atoms with E-state index < -0.39 is 0 Å². The molecular weight excluding hydrogens is 476 g/mol. The molecule has 0 saturated carbocycles. The van der Waals surface area contributed by atoms with Crippen LogP contribution in [-0.2, 0) is 7.05 Å². The fourth-order valence-corrected chi connectivity index (χ4v) is 5.64. The Bertz CT molecular complexity index is 1390. The lowest BCUT2D eigenvalue weighted by Crippen LogP contribution is -2.54. The van der Waals surface area contributed by atoms with Crippen molar-refractivity contribution in [1.82, 2.24) is 30.0 Å². The molecular formula is C27H29ClN6O2. The van der Waals surface area contributed by atoms with E-state index in [1.807, 2.05) is 37.9 Å². The van der Waals surface area contributed by atoms with Crippen molar-refractivity contribution < 1.29 is 9.59 Å². The van der Waals surface area contributed by atoms with Gasteiger partial charge in [0.1, 0.15) is 5.52 Å². The number of hydrogen-bond acceptors (Lipinski definition) is 5. The summed E-state index contributed by atoms with van der Waals surface area (Å²) in [5.41, 5.74) is 3.85. The van der Waals surface area contributed by atoms with E-state index in [2.05, 4.69) is 32.5 Å². The van der Waals surface area contributed by atoms with Gasteiger partial charge in [-0.3, -0.25) is 24.2 Å². The van der Waals surface area contributed by atoms with Gasteiger partial charge in [-0.05, 0) is 44.7 Å². The maximum atomic E-state index is 13.6. The highest BCUT2D eigenvalue weighted by Crippen LogP contribution is 2.32. The largest absolute Gasteiger partial charge is 0.349 e. The van der Waals surface area contributed by atoms with E-state index >= 15 is 0 Å². The zero-order valence-corrected chi connectivity index (χ0v) is 21.4. The Hall–Kier alpha value is -3.52. The second-order valence-corrected chi connectivity index (χ2v) is 9.96. The molecule has 8 nitrogen and oxygen atoms in total. The molecule has 0 radical (unpaired) electrons. The van der Waals surface area contributed by atoms with Crippen LogP contribution in [0.3, 0.4) is 0 Å². The number of nitrogens with one attached hydrogen (secondary N) is 1. The number of likely N-dealkylation sites (tertiary alicyclic amines) is 1. The molecule has 1 unspecified atom stereocenters. The van der Waals surface area contributed by atoms with Crippen LogP contribution in [0.25, 0.3) is 11.0 Å². The first-order valence-corrected chi connectivity index (χ1v) is 12.5. The average Bonchev–Trinajstić information content (AvgIpc) is 3.15. The third kappa shape index (κ3) is 4.53. The first kappa shape index (κ1) is 24.2. The van der Waals surface area contributed by atoms with E-state index in [-0.39, 0.29) is 29.7 Å². The summed E-state index contributed by atoms with van der Waals surface area (Å²) in [6.07, 6.45) is 13.1. The van der Waals surface area contributed by atoms with Gasteiger partial charge in [-0.15, -0.1) is 0 Å². The highest BCUT2D eigenvalue weighted by atomic mass is 35.5. The Balaban J connectivity index is 1.39. The summed E-state index contributed by atoms with van der Waals surface area (Å²) in [6, 6.07) is 3.35. The molecule has 3 heterocycles. The molecule has 1 aromatic carbocycles. The Labute approximate surface area is 215 Å². The lowest BCUT2D eigenvalue weighted by Gasteiger charge is -2.42. The standard InChI is InChI=1S/C27H29ClN6O2/c1-16-24(17(2)33(3)32-16)26(35)31-22-9-12-34(15-20(22)18-7-5-4-6-8-18)27(36)19-13-21(28)25-23(14-19)29-10-11-30-25/h4-7,10-11,13-14,18,20,22H,8-9,12,15H2,1-3H3,(H,31,35)/t18?,20-,22-/m1/s1. The highest BCUT2D eigenvalue weighted by molar-refractivity contribution is 6.35. The van der Waals surface area contributed by atoms with Crippen molar-refractivity contribution in [2.24, 2.45) is 18.9 Å². The van der Waals surface area contributed by atoms with E-state index in [1.54, 1.807) is 29.2 Å². The summed E-state index contributed by atoms with van der Waals surface area (Å²) < 4.78 is 1.73. The van der Waals surface area contributed by atoms with Gasteiger partial charge in [-0.1, -0.05) is 35.9 Å². The quantitative estimate of drug-likeness (QED) is 0.579. The predicted octanol–water partition coefficient (Wildman–Crippen LogP) is 4.03. The minimum atomic E-state index is -0.108. The smallest absolute Gasteiger partial charge is 0.255 e. The van der Waals surface area contributed by atoms with Gasteiger partial charge in [-0.25, -0.2) is 0 Å². The van der Waals surface area contributed by atoms with Crippen LogP contribution in [0, 0.1) is 25.7 Å². The van der Waals surface area contributed by atoms with Gasteiger partial charge in [0.15, 0.2) is 0 Å². The molecule has 1 aliphatic heterocycles. The number of allylic oxidation sites excluding steroid dienone is 4. The van der Waals surface area contributed by atoms with Gasteiger partial charge in [-0.2, -0.15) is 5.10 Å². The molecule has 0 bridgehead atoms. The lowest BCUT2D eigenvalue weighted by atomic mass is 9.78. The number of benzene rings is 1. The molecule has 1 N–H and O–H groups in total. The van der Waals surface area contributed by atoms with E-state index in [1.165, 1.54) is 0 Å². The lowest BCUT2D eigenvalue weighted by molar-refractivity contribution is 0.0571. The zero-order valence-electron chi connectivity index (χ0n) is 20.6. The number of fused-ring (bicyclic) bond motifs is 1. The number of rotatable bonds is 4. The molecule has 2 aliphatic rings. The van der Waals surface area contributed by atoms with E-state index in [0.717, 1.165) is 12.1 Å². The summed E-state index contributed by atoms with van der Waals surface area (Å²) in [7, 11) is 1.84. The molecule has 1 aliphatic carbocycles. The second-order valence-electron chi connectivity index (χ2n) is 9.55. The first-order chi connectivity index (χ1) is 17.3. The molecule has 5 rings (SSSR count). The number of aryl methyl sites for hydroxylation is 2. The van der Waals surface area contributed by atoms with E-state index in [0.29, 0.717) is 52.4 Å². The van der Waals surface area contributed by atoms with Crippen LogP contribution in [0.4, 0.5) is 0 Å². The Kier molecular flexibility index (Phi) is 6.62. The van der Waals surface area contributed by atoms with Gasteiger partial charge in [0, 0.05) is 55.7 Å². The summed E-state index contributed by atoms with van der Waals surface area (Å²) in [5.74, 6) is 0.0931. The van der Waals surface area contributed by atoms with Gasteiger partial charge >= 0.3 is 0 Å². The number of halogens is 1. The van der Waals surface area contributed by atoms with E-state index in [4.69, 9.17) is 11.6 Å².